The lowest BCUT2D eigenvalue weighted by atomic mass is 10.2. The van der Waals surface area contributed by atoms with Crippen LogP contribution in [0, 0.1) is 0 Å². The minimum atomic E-state index is -0.0884. The second kappa shape index (κ2) is 4.85. The Balaban J connectivity index is 2.42. The van der Waals surface area contributed by atoms with Gasteiger partial charge < -0.3 is 18.5 Å². The average Bonchev–Trinajstić information content (AvgIpc) is 2.97. The lowest BCUT2D eigenvalue weighted by Gasteiger charge is -2.12. The maximum absolute atomic E-state index is 12.5. The third kappa shape index (κ3) is 1.79. The largest absolute Gasteiger partial charge is 0.497 e. The standard InChI is InChI=1S/C15H14N2O3/c1-20-11-5-6-12-14(10-11)16-7-2-4-13(16)15(19)17(12)8-3-9-18/h2,4-7,9-10H,3,8H2,1H3. The van der Waals surface area contributed by atoms with Crippen molar-refractivity contribution < 1.29 is 9.53 Å². The van der Waals surface area contributed by atoms with E-state index in [9.17, 15) is 9.59 Å². The number of hydrogen-bond donors (Lipinski definition) is 0. The fourth-order valence-corrected chi connectivity index (χ4v) is 2.47. The number of carbonyl (C=O) groups excluding carboxylic acids is 1. The molecule has 0 amide bonds. The molecule has 1 aromatic carbocycles. The summed E-state index contributed by atoms with van der Waals surface area (Å²) in [6.45, 7) is 0.382. The van der Waals surface area contributed by atoms with E-state index >= 15 is 0 Å². The van der Waals surface area contributed by atoms with E-state index in [1.807, 2.05) is 34.9 Å². The minimum Gasteiger partial charge on any atom is -0.497 e. The first-order chi connectivity index (χ1) is 9.76. The molecule has 2 aromatic heterocycles. The fraction of sp³-hybridized carbons (Fsp3) is 0.200. The highest BCUT2D eigenvalue weighted by Crippen LogP contribution is 2.21. The van der Waals surface area contributed by atoms with Gasteiger partial charge >= 0.3 is 0 Å². The number of benzene rings is 1. The topological polar surface area (TPSA) is 52.7 Å². The Kier molecular flexibility index (Phi) is 3.02. The number of fused-ring (bicyclic) bond motifs is 3. The highest BCUT2D eigenvalue weighted by molar-refractivity contribution is 5.80. The van der Waals surface area contributed by atoms with Crippen LogP contribution in [0.1, 0.15) is 6.42 Å². The van der Waals surface area contributed by atoms with E-state index in [1.54, 1.807) is 17.7 Å². The Hall–Kier alpha value is -2.56. The van der Waals surface area contributed by atoms with Gasteiger partial charge in [-0.1, -0.05) is 0 Å². The molecule has 5 heteroatoms. The first-order valence-electron chi connectivity index (χ1n) is 6.37. The first-order valence-corrected chi connectivity index (χ1v) is 6.37. The molecule has 3 aromatic rings. The Morgan fingerprint density at radius 2 is 2.05 bits per heavy atom. The highest BCUT2D eigenvalue weighted by atomic mass is 16.5. The van der Waals surface area contributed by atoms with Crippen molar-refractivity contribution in [2.75, 3.05) is 7.11 Å². The Bertz CT molecular complexity index is 845. The van der Waals surface area contributed by atoms with E-state index in [4.69, 9.17) is 4.74 Å². The van der Waals surface area contributed by atoms with Crippen LogP contribution < -0.4 is 10.3 Å². The molecule has 0 fully saturated rings. The summed E-state index contributed by atoms with van der Waals surface area (Å²) in [5.74, 6) is 0.730. The summed E-state index contributed by atoms with van der Waals surface area (Å²) in [4.78, 5) is 23.1. The third-order valence-electron chi connectivity index (χ3n) is 3.42. The number of aldehydes is 1. The number of aryl methyl sites for hydroxylation is 1. The Morgan fingerprint density at radius 1 is 1.20 bits per heavy atom. The fourth-order valence-electron chi connectivity index (χ4n) is 2.47. The first kappa shape index (κ1) is 12.5. The predicted octanol–water partition coefficient (Wildman–Crippen LogP) is 1.85. The van der Waals surface area contributed by atoms with Gasteiger partial charge in [-0.15, -0.1) is 0 Å². The molecule has 0 aliphatic rings. The van der Waals surface area contributed by atoms with E-state index in [0.29, 0.717) is 18.5 Å². The Labute approximate surface area is 115 Å². The zero-order chi connectivity index (χ0) is 14.1. The molecular weight excluding hydrogens is 256 g/mol. The smallest absolute Gasteiger partial charge is 0.275 e. The molecule has 0 aliphatic heterocycles. The van der Waals surface area contributed by atoms with E-state index in [-0.39, 0.29) is 5.56 Å². The maximum Gasteiger partial charge on any atom is 0.275 e. The molecule has 0 aliphatic carbocycles. The van der Waals surface area contributed by atoms with E-state index in [1.165, 1.54) is 0 Å². The normalized spacial score (nSPS) is 11.1. The average molecular weight is 270 g/mol. The molecule has 0 saturated heterocycles. The van der Waals surface area contributed by atoms with Crippen molar-refractivity contribution in [3.63, 3.8) is 0 Å². The summed E-state index contributed by atoms with van der Waals surface area (Å²) < 4.78 is 8.72. The maximum atomic E-state index is 12.5. The lowest BCUT2D eigenvalue weighted by molar-refractivity contribution is -0.108. The van der Waals surface area contributed by atoms with Crippen molar-refractivity contribution in [1.82, 2.24) is 8.97 Å². The van der Waals surface area contributed by atoms with Crippen molar-refractivity contribution in [3.05, 3.63) is 46.9 Å². The number of carbonyl (C=O) groups is 1. The zero-order valence-electron chi connectivity index (χ0n) is 11.1. The van der Waals surface area contributed by atoms with Gasteiger partial charge in [0.2, 0.25) is 0 Å². The summed E-state index contributed by atoms with van der Waals surface area (Å²) in [5.41, 5.74) is 2.18. The summed E-state index contributed by atoms with van der Waals surface area (Å²) in [7, 11) is 1.61. The van der Waals surface area contributed by atoms with Crippen LogP contribution in [0.2, 0.25) is 0 Å². The molecule has 0 spiro atoms. The molecule has 102 valence electrons. The number of methoxy groups -OCH3 is 1. The molecular formula is C15H14N2O3. The SMILES string of the molecule is COc1ccc2c(c1)n1cccc1c(=O)n2CCC=O. The summed E-state index contributed by atoms with van der Waals surface area (Å²) >= 11 is 0. The van der Waals surface area contributed by atoms with Crippen molar-refractivity contribution >= 4 is 22.8 Å². The number of nitrogens with zero attached hydrogens (tertiary/aromatic N) is 2. The van der Waals surface area contributed by atoms with E-state index in [2.05, 4.69) is 0 Å². The van der Waals surface area contributed by atoms with Crippen LogP contribution in [0.25, 0.3) is 16.6 Å². The number of aromatic nitrogens is 2. The summed E-state index contributed by atoms with van der Waals surface area (Å²) in [5, 5.41) is 0. The molecule has 0 radical (unpaired) electrons. The predicted molar refractivity (Wildman–Crippen MR) is 76.4 cm³/mol. The molecule has 20 heavy (non-hydrogen) atoms. The lowest BCUT2D eigenvalue weighted by Crippen LogP contribution is -2.23. The van der Waals surface area contributed by atoms with Crippen LogP contribution in [0.5, 0.6) is 5.75 Å². The minimum absolute atomic E-state index is 0.0884. The van der Waals surface area contributed by atoms with Crippen LogP contribution in [0.15, 0.2) is 41.3 Å². The van der Waals surface area contributed by atoms with Gasteiger partial charge in [0.15, 0.2) is 0 Å². The second-order valence-electron chi connectivity index (χ2n) is 4.53. The molecule has 2 heterocycles. The molecule has 3 rings (SSSR count). The molecule has 0 bridgehead atoms. The molecule has 0 unspecified atom stereocenters. The Morgan fingerprint density at radius 3 is 2.80 bits per heavy atom. The van der Waals surface area contributed by atoms with Crippen molar-refractivity contribution in [2.45, 2.75) is 13.0 Å². The molecule has 0 saturated carbocycles. The number of rotatable bonds is 4. The zero-order valence-corrected chi connectivity index (χ0v) is 11.1. The quantitative estimate of drug-likeness (QED) is 0.680. The van der Waals surface area contributed by atoms with Gasteiger partial charge in [-0.25, -0.2) is 0 Å². The van der Waals surface area contributed by atoms with Gasteiger partial charge in [0.1, 0.15) is 17.6 Å². The van der Waals surface area contributed by atoms with Crippen LogP contribution in [-0.4, -0.2) is 22.4 Å². The van der Waals surface area contributed by atoms with Gasteiger partial charge in [-0.3, -0.25) is 4.79 Å². The van der Waals surface area contributed by atoms with Gasteiger partial charge in [-0.05, 0) is 24.3 Å². The molecule has 0 N–H and O–H groups in total. The van der Waals surface area contributed by atoms with Gasteiger partial charge in [0.25, 0.3) is 5.56 Å². The van der Waals surface area contributed by atoms with Crippen LogP contribution in [0.4, 0.5) is 0 Å². The van der Waals surface area contributed by atoms with Crippen LogP contribution >= 0.6 is 0 Å². The number of ether oxygens (including phenoxy) is 1. The van der Waals surface area contributed by atoms with Crippen molar-refractivity contribution in [1.29, 1.82) is 0 Å². The van der Waals surface area contributed by atoms with Gasteiger partial charge in [0.05, 0.1) is 18.1 Å². The van der Waals surface area contributed by atoms with E-state index in [0.717, 1.165) is 23.1 Å². The highest BCUT2D eigenvalue weighted by Gasteiger charge is 2.10. The monoisotopic (exact) mass is 270 g/mol. The third-order valence-corrected chi connectivity index (χ3v) is 3.42. The van der Waals surface area contributed by atoms with Crippen molar-refractivity contribution in [2.24, 2.45) is 0 Å². The van der Waals surface area contributed by atoms with Gasteiger partial charge in [-0.2, -0.15) is 0 Å². The van der Waals surface area contributed by atoms with E-state index < -0.39 is 0 Å². The second-order valence-corrected chi connectivity index (χ2v) is 4.53. The summed E-state index contributed by atoms with van der Waals surface area (Å²) in [6.07, 6.45) is 2.99. The molecule has 5 nitrogen and oxygen atoms in total. The van der Waals surface area contributed by atoms with Crippen LogP contribution in [0.3, 0.4) is 0 Å². The molecule has 0 atom stereocenters. The van der Waals surface area contributed by atoms with Crippen LogP contribution in [-0.2, 0) is 11.3 Å². The number of hydrogen-bond acceptors (Lipinski definition) is 3. The van der Waals surface area contributed by atoms with Crippen molar-refractivity contribution in [3.8, 4) is 5.75 Å². The van der Waals surface area contributed by atoms with Gasteiger partial charge in [0, 0.05) is 25.2 Å². The summed E-state index contributed by atoms with van der Waals surface area (Å²) in [6, 6.07) is 9.16.